The quantitative estimate of drug-likeness (QED) is 0.129. The van der Waals surface area contributed by atoms with Crippen molar-refractivity contribution >= 4 is 13.3 Å². The second kappa shape index (κ2) is 21.4. The number of methoxy groups -OCH3 is 1. The largest absolute Gasteiger partial charge is 0.454 e. The molecular weight excluding hydrogens is 419 g/mol. The first-order valence-electron chi connectivity index (χ1n) is 12.2. The summed E-state index contributed by atoms with van der Waals surface area (Å²) in [5.41, 5.74) is -1.53. The molecule has 0 spiro atoms. The van der Waals surface area contributed by atoms with Gasteiger partial charge in [-0.05, 0) is 6.42 Å². The van der Waals surface area contributed by atoms with E-state index in [9.17, 15) is 9.36 Å². The Balaban J connectivity index is 3.33. The van der Waals surface area contributed by atoms with Gasteiger partial charge in [0.15, 0.2) is 0 Å². The van der Waals surface area contributed by atoms with Crippen molar-refractivity contribution in [1.82, 2.24) is 0 Å². The molecule has 0 saturated carbocycles. The standard InChI is InChI=1S/C23H47O7P/c1-3-4-5-6-7-8-9-10-11-12-13-14-15-16-17-18-19-29-20-22(28-2)21-30-23(24)31(25,26)27/h22H,3-21H2,1-2H3,(H2,25,26,27)/t22-/m0/s1. The van der Waals surface area contributed by atoms with Gasteiger partial charge in [-0.25, -0.2) is 9.36 Å². The first kappa shape index (κ1) is 30.5. The number of carbonyl (C=O) groups excluding carboxylic acids is 1. The molecule has 2 N–H and O–H groups in total. The molecule has 1 atom stereocenters. The van der Waals surface area contributed by atoms with Gasteiger partial charge in [-0.15, -0.1) is 0 Å². The van der Waals surface area contributed by atoms with Crippen molar-refractivity contribution in [3.05, 3.63) is 0 Å². The highest BCUT2D eigenvalue weighted by Crippen LogP contribution is 2.36. The van der Waals surface area contributed by atoms with E-state index in [1.165, 1.54) is 97.0 Å². The highest BCUT2D eigenvalue weighted by atomic mass is 31.2. The molecular formula is C23H47O7P. The lowest BCUT2D eigenvalue weighted by Crippen LogP contribution is -2.26. The van der Waals surface area contributed by atoms with Crippen LogP contribution in [0.1, 0.15) is 110 Å². The van der Waals surface area contributed by atoms with E-state index < -0.39 is 19.4 Å². The summed E-state index contributed by atoms with van der Waals surface area (Å²) in [6, 6.07) is 0. The summed E-state index contributed by atoms with van der Waals surface area (Å²) >= 11 is 0. The summed E-state index contributed by atoms with van der Waals surface area (Å²) in [5.74, 6) is 0. The summed E-state index contributed by atoms with van der Waals surface area (Å²) in [6.07, 6.45) is 20.6. The van der Waals surface area contributed by atoms with Crippen molar-refractivity contribution in [2.24, 2.45) is 0 Å². The molecule has 0 aromatic heterocycles. The molecule has 0 unspecified atom stereocenters. The van der Waals surface area contributed by atoms with Crippen molar-refractivity contribution in [2.45, 2.75) is 116 Å². The molecule has 0 aromatic rings. The molecule has 0 saturated heterocycles. The monoisotopic (exact) mass is 466 g/mol. The molecule has 31 heavy (non-hydrogen) atoms. The summed E-state index contributed by atoms with van der Waals surface area (Å²) in [6.45, 7) is 2.86. The molecule has 0 aliphatic heterocycles. The zero-order valence-electron chi connectivity index (χ0n) is 19.9. The molecule has 0 aliphatic carbocycles. The minimum absolute atomic E-state index is 0.226. The minimum atomic E-state index is -4.85. The molecule has 0 amide bonds. The van der Waals surface area contributed by atoms with Crippen LogP contribution in [-0.4, -0.2) is 48.5 Å². The van der Waals surface area contributed by atoms with Crippen molar-refractivity contribution in [2.75, 3.05) is 26.9 Å². The van der Waals surface area contributed by atoms with Crippen LogP contribution in [0, 0.1) is 0 Å². The van der Waals surface area contributed by atoms with E-state index in [1.54, 1.807) is 0 Å². The predicted octanol–water partition coefficient (Wildman–Crippen LogP) is 6.59. The van der Waals surface area contributed by atoms with Gasteiger partial charge in [0.2, 0.25) is 0 Å². The van der Waals surface area contributed by atoms with E-state index in [1.807, 2.05) is 0 Å². The Bertz CT molecular complexity index is 453. The minimum Gasteiger partial charge on any atom is -0.454 e. The fourth-order valence-corrected chi connectivity index (χ4v) is 3.64. The van der Waals surface area contributed by atoms with Crippen molar-refractivity contribution < 1.29 is 33.4 Å². The molecule has 0 fully saturated rings. The van der Waals surface area contributed by atoms with Gasteiger partial charge >= 0.3 is 13.3 Å². The lowest BCUT2D eigenvalue weighted by Gasteiger charge is -2.15. The maximum Gasteiger partial charge on any atom is 0.433 e. The van der Waals surface area contributed by atoms with Crippen LogP contribution in [0.25, 0.3) is 0 Å². The molecule has 186 valence electrons. The summed E-state index contributed by atoms with van der Waals surface area (Å²) in [7, 11) is -3.41. The van der Waals surface area contributed by atoms with Crippen LogP contribution in [0.4, 0.5) is 4.79 Å². The average molecular weight is 467 g/mol. The Labute approximate surface area is 189 Å². The molecule has 8 heteroatoms. The highest BCUT2D eigenvalue weighted by molar-refractivity contribution is 7.69. The van der Waals surface area contributed by atoms with Gasteiger partial charge in [-0.1, -0.05) is 103 Å². The van der Waals surface area contributed by atoms with Gasteiger partial charge in [0.25, 0.3) is 0 Å². The SMILES string of the molecule is CCCCCCCCCCCCCCCCCCOC[C@@H](COC(=O)P(=O)(O)O)OC. The van der Waals surface area contributed by atoms with E-state index in [0.29, 0.717) is 6.61 Å². The smallest absolute Gasteiger partial charge is 0.433 e. The van der Waals surface area contributed by atoms with Crippen molar-refractivity contribution in [1.29, 1.82) is 0 Å². The van der Waals surface area contributed by atoms with Crippen LogP contribution in [0.5, 0.6) is 0 Å². The first-order chi connectivity index (χ1) is 14.9. The third kappa shape index (κ3) is 21.2. The van der Waals surface area contributed by atoms with E-state index in [0.717, 1.165) is 12.8 Å². The summed E-state index contributed by atoms with van der Waals surface area (Å²) < 4.78 is 25.9. The number of carbonyl (C=O) groups is 1. The summed E-state index contributed by atoms with van der Waals surface area (Å²) in [5, 5.41) is 0. The third-order valence-corrected chi connectivity index (χ3v) is 6.01. The lowest BCUT2D eigenvalue weighted by molar-refractivity contribution is -0.0222. The van der Waals surface area contributed by atoms with Crippen LogP contribution in [0.15, 0.2) is 0 Å². The number of rotatable bonds is 23. The highest BCUT2D eigenvalue weighted by Gasteiger charge is 2.28. The van der Waals surface area contributed by atoms with E-state index in [-0.39, 0.29) is 13.2 Å². The van der Waals surface area contributed by atoms with Gasteiger partial charge < -0.3 is 24.0 Å². The molecule has 0 heterocycles. The molecule has 0 radical (unpaired) electrons. The zero-order chi connectivity index (χ0) is 23.2. The predicted molar refractivity (Wildman–Crippen MR) is 125 cm³/mol. The molecule has 0 rings (SSSR count). The lowest BCUT2D eigenvalue weighted by atomic mass is 10.0. The molecule has 7 nitrogen and oxygen atoms in total. The maximum atomic E-state index is 11.0. The molecule has 0 aliphatic rings. The number of unbranched alkanes of at least 4 members (excludes halogenated alkanes) is 15. The Morgan fingerprint density at radius 3 is 1.55 bits per heavy atom. The van der Waals surface area contributed by atoms with Gasteiger partial charge in [-0.2, -0.15) is 0 Å². The van der Waals surface area contributed by atoms with Crippen molar-refractivity contribution in [3.63, 3.8) is 0 Å². The van der Waals surface area contributed by atoms with E-state index >= 15 is 0 Å². The maximum absolute atomic E-state index is 11.0. The Morgan fingerprint density at radius 2 is 1.16 bits per heavy atom. The zero-order valence-corrected chi connectivity index (χ0v) is 20.8. The van der Waals surface area contributed by atoms with Crippen LogP contribution in [-0.2, 0) is 18.8 Å². The fraction of sp³-hybridized carbons (Fsp3) is 0.957. The van der Waals surface area contributed by atoms with Gasteiger partial charge in [0.1, 0.15) is 12.7 Å². The molecule has 0 aromatic carbocycles. The Kier molecular flexibility index (Phi) is 21.1. The third-order valence-electron chi connectivity index (χ3n) is 5.41. The second-order valence-electron chi connectivity index (χ2n) is 8.36. The fourth-order valence-electron chi connectivity index (χ4n) is 3.40. The second-order valence-corrected chi connectivity index (χ2v) is 9.81. The first-order valence-corrected chi connectivity index (χ1v) is 13.9. The van der Waals surface area contributed by atoms with Crippen LogP contribution < -0.4 is 0 Å². The van der Waals surface area contributed by atoms with Gasteiger partial charge in [0, 0.05) is 13.7 Å². The van der Waals surface area contributed by atoms with Crippen LogP contribution >= 0.6 is 7.60 Å². The number of hydrogen-bond acceptors (Lipinski definition) is 5. The Morgan fingerprint density at radius 1 is 0.742 bits per heavy atom. The topological polar surface area (TPSA) is 102 Å². The van der Waals surface area contributed by atoms with Crippen molar-refractivity contribution in [3.8, 4) is 0 Å². The Hall–Kier alpha value is -0.460. The van der Waals surface area contributed by atoms with Gasteiger partial charge in [-0.3, -0.25) is 0 Å². The van der Waals surface area contributed by atoms with Gasteiger partial charge in [0.05, 0.1) is 6.61 Å². The van der Waals surface area contributed by atoms with E-state index in [2.05, 4.69) is 11.7 Å². The van der Waals surface area contributed by atoms with E-state index in [4.69, 9.17) is 19.3 Å². The van der Waals surface area contributed by atoms with Crippen LogP contribution in [0.2, 0.25) is 0 Å². The summed E-state index contributed by atoms with van der Waals surface area (Å²) in [4.78, 5) is 28.4. The molecule has 0 bridgehead atoms. The van der Waals surface area contributed by atoms with Crippen LogP contribution in [0.3, 0.4) is 0 Å². The number of hydrogen-bond donors (Lipinski definition) is 2. The number of ether oxygens (including phenoxy) is 3. The normalized spacial score (nSPS) is 12.8. The average Bonchev–Trinajstić information content (AvgIpc) is 2.74.